The molecule has 0 aliphatic heterocycles. The van der Waals surface area contributed by atoms with E-state index in [0.29, 0.717) is 12.1 Å². The van der Waals surface area contributed by atoms with Crippen LogP contribution in [0.4, 0.5) is 0 Å². The summed E-state index contributed by atoms with van der Waals surface area (Å²) in [6, 6.07) is 1.13. The molecule has 1 unspecified atom stereocenters. The molecule has 1 aliphatic rings. The summed E-state index contributed by atoms with van der Waals surface area (Å²) in [4.78, 5) is 0. The number of nitrogens with two attached hydrogens (primary N) is 1. The Morgan fingerprint density at radius 2 is 1.92 bits per heavy atom. The lowest BCUT2D eigenvalue weighted by Crippen LogP contribution is -2.42. The van der Waals surface area contributed by atoms with Crippen LogP contribution < -0.4 is 11.1 Å². The van der Waals surface area contributed by atoms with Crippen molar-refractivity contribution in [3.63, 3.8) is 0 Å². The van der Waals surface area contributed by atoms with Gasteiger partial charge in [-0.25, -0.2) is 0 Å². The molecule has 0 heterocycles. The van der Waals surface area contributed by atoms with Crippen LogP contribution in [0.5, 0.6) is 0 Å². The molecule has 2 heteroatoms. The number of nitrogens with one attached hydrogen (secondary N) is 1. The molecule has 0 amide bonds. The maximum atomic E-state index is 5.56. The third kappa shape index (κ3) is 2.76. The minimum atomic E-state index is 0.473. The summed E-state index contributed by atoms with van der Waals surface area (Å²) < 4.78 is 0. The van der Waals surface area contributed by atoms with Gasteiger partial charge >= 0.3 is 0 Å². The van der Waals surface area contributed by atoms with E-state index in [1.54, 1.807) is 0 Å². The maximum absolute atomic E-state index is 5.56. The van der Waals surface area contributed by atoms with Gasteiger partial charge in [-0.3, -0.25) is 0 Å². The van der Waals surface area contributed by atoms with Crippen LogP contribution >= 0.6 is 0 Å². The highest BCUT2D eigenvalue weighted by Gasteiger charge is 2.21. The van der Waals surface area contributed by atoms with Crippen molar-refractivity contribution in [2.24, 2.45) is 11.7 Å². The zero-order chi connectivity index (χ0) is 8.97. The van der Waals surface area contributed by atoms with Gasteiger partial charge in [0.1, 0.15) is 0 Å². The second-order valence-corrected chi connectivity index (χ2v) is 4.14. The smallest absolute Gasteiger partial charge is 0.0164 e. The van der Waals surface area contributed by atoms with Gasteiger partial charge in [-0.15, -0.1) is 0 Å². The molecule has 1 aliphatic carbocycles. The van der Waals surface area contributed by atoms with Crippen molar-refractivity contribution >= 4 is 0 Å². The Morgan fingerprint density at radius 1 is 1.33 bits per heavy atom. The van der Waals surface area contributed by atoms with Gasteiger partial charge in [0, 0.05) is 18.6 Å². The topological polar surface area (TPSA) is 38.0 Å². The van der Waals surface area contributed by atoms with Gasteiger partial charge in [-0.05, 0) is 32.6 Å². The fourth-order valence-corrected chi connectivity index (χ4v) is 2.11. The predicted molar refractivity (Wildman–Crippen MR) is 53.1 cm³/mol. The maximum Gasteiger partial charge on any atom is 0.0164 e. The van der Waals surface area contributed by atoms with E-state index < -0.39 is 0 Å². The summed E-state index contributed by atoms with van der Waals surface area (Å²) in [6.07, 6.45) is 5.66. The zero-order valence-electron chi connectivity index (χ0n) is 8.34. The summed E-state index contributed by atoms with van der Waals surface area (Å²) in [7, 11) is 0. The summed E-state index contributed by atoms with van der Waals surface area (Å²) in [5, 5.41) is 3.55. The molecule has 1 fully saturated rings. The van der Waals surface area contributed by atoms with Crippen LogP contribution in [0.15, 0.2) is 0 Å². The van der Waals surface area contributed by atoms with E-state index in [4.69, 9.17) is 5.73 Å². The number of hydrogen-bond acceptors (Lipinski definition) is 2. The quantitative estimate of drug-likeness (QED) is 0.671. The van der Waals surface area contributed by atoms with Crippen LogP contribution in [-0.2, 0) is 0 Å². The van der Waals surface area contributed by atoms with E-state index in [2.05, 4.69) is 19.2 Å². The molecule has 0 saturated heterocycles. The van der Waals surface area contributed by atoms with Crippen molar-refractivity contribution in [2.75, 3.05) is 6.54 Å². The highest BCUT2D eigenvalue weighted by Crippen LogP contribution is 2.27. The lowest BCUT2D eigenvalue weighted by molar-refractivity contribution is 0.352. The first-order valence-corrected chi connectivity index (χ1v) is 5.20. The molecule has 72 valence electrons. The van der Waals surface area contributed by atoms with Crippen LogP contribution in [0, 0.1) is 5.92 Å². The SMILES string of the molecule is CC(CN)N[C@H](C)C1CCCC1. The van der Waals surface area contributed by atoms with E-state index in [0.717, 1.165) is 12.5 Å². The normalized spacial score (nSPS) is 24.2. The molecule has 0 spiro atoms. The van der Waals surface area contributed by atoms with Crippen molar-refractivity contribution in [3.8, 4) is 0 Å². The Labute approximate surface area is 75.9 Å². The first kappa shape index (κ1) is 10.0. The van der Waals surface area contributed by atoms with Crippen LogP contribution in [0.2, 0.25) is 0 Å². The van der Waals surface area contributed by atoms with Crippen molar-refractivity contribution in [2.45, 2.75) is 51.6 Å². The Kier molecular flexibility index (Phi) is 4.02. The molecule has 0 aromatic rings. The van der Waals surface area contributed by atoms with Crippen LogP contribution in [0.1, 0.15) is 39.5 Å². The van der Waals surface area contributed by atoms with E-state index in [1.807, 2.05) is 0 Å². The minimum absolute atomic E-state index is 0.473. The molecule has 0 aromatic heterocycles. The van der Waals surface area contributed by atoms with Gasteiger partial charge in [0.15, 0.2) is 0 Å². The molecular weight excluding hydrogens is 148 g/mol. The minimum Gasteiger partial charge on any atom is -0.329 e. The van der Waals surface area contributed by atoms with Gasteiger partial charge in [0.05, 0.1) is 0 Å². The lowest BCUT2D eigenvalue weighted by atomic mass is 9.99. The molecule has 2 nitrogen and oxygen atoms in total. The van der Waals surface area contributed by atoms with Gasteiger partial charge in [-0.2, -0.15) is 0 Å². The second kappa shape index (κ2) is 4.83. The van der Waals surface area contributed by atoms with Crippen molar-refractivity contribution in [3.05, 3.63) is 0 Å². The van der Waals surface area contributed by atoms with Crippen molar-refractivity contribution < 1.29 is 0 Å². The Bertz CT molecular complexity index is 119. The highest BCUT2D eigenvalue weighted by molar-refractivity contribution is 4.79. The van der Waals surface area contributed by atoms with Crippen LogP contribution in [0.3, 0.4) is 0 Å². The largest absolute Gasteiger partial charge is 0.329 e. The molecule has 2 atom stereocenters. The first-order valence-electron chi connectivity index (χ1n) is 5.20. The van der Waals surface area contributed by atoms with Crippen molar-refractivity contribution in [1.82, 2.24) is 5.32 Å². The summed E-state index contributed by atoms with van der Waals surface area (Å²) >= 11 is 0. The lowest BCUT2D eigenvalue weighted by Gasteiger charge is -2.23. The van der Waals surface area contributed by atoms with Gasteiger partial charge in [-0.1, -0.05) is 12.8 Å². The van der Waals surface area contributed by atoms with E-state index in [1.165, 1.54) is 25.7 Å². The van der Waals surface area contributed by atoms with Gasteiger partial charge in [0.25, 0.3) is 0 Å². The molecule has 0 aromatic carbocycles. The predicted octanol–water partition coefficient (Wildman–Crippen LogP) is 1.50. The zero-order valence-corrected chi connectivity index (χ0v) is 8.34. The first-order chi connectivity index (χ1) is 5.74. The molecule has 1 saturated carbocycles. The molecule has 12 heavy (non-hydrogen) atoms. The third-order valence-electron chi connectivity index (χ3n) is 3.01. The molecular formula is C10H22N2. The average Bonchev–Trinajstić information content (AvgIpc) is 2.56. The Balaban J connectivity index is 2.21. The number of rotatable bonds is 4. The average molecular weight is 170 g/mol. The van der Waals surface area contributed by atoms with E-state index >= 15 is 0 Å². The summed E-state index contributed by atoms with van der Waals surface area (Å²) in [6.45, 7) is 5.20. The second-order valence-electron chi connectivity index (χ2n) is 4.14. The molecule has 0 radical (unpaired) electrons. The number of hydrogen-bond donors (Lipinski definition) is 2. The van der Waals surface area contributed by atoms with Gasteiger partial charge in [0.2, 0.25) is 0 Å². The van der Waals surface area contributed by atoms with Crippen LogP contribution in [0.25, 0.3) is 0 Å². The monoisotopic (exact) mass is 170 g/mol. The Hall–Kier alpha value is -0.0800. The fraction of sp³-hybridized carbons (Fsp3) is 1.00. The van der Waals surface area contributed by atoms with E-state index in [9.17, 15) is 0 Å². The third-order valence-corrected chi connectivity index (χ3v) is 3.01. The van der Waals surface area contributed by atoms with Crippen LogP contribution in [-0.4, -0.2) is 18.6 Å². The Morgan fingerprint density at radius 3 is 2.42 bits per heavy atom. The summed E-state index contributed by atoms with van der Waals surface area (Å²) in [5.74, 6) is 0.902. The fourth-order valence-electron chi connectivity index (χ4n) is 2.11. The standard InChI is InChI=1S/C10H22N2/c1-8(7-11)12-9(2)10-5-3-4-6-10/h8-10,12H,3-7,11H2,1-2H3/t8?,9-/m1/s1. The molecule has 0 bridgehead atoms. The van der Waals surface area contributed by atoms with Gasteiger partial charge < -0.3 is 11.1 Å². The molecule has 3 N–H and O–H groups in total. The van der Waals surface area contributed by atoms with Crippen molar-refractivity contribution in [1.29, 1.82) is 0 Å². The highest BCUT2D eigenvalue weighted by atomic mass is 15.0. The summed E-state index contributed by atoms with van der Waals surface area (Å²) in [5.41, 5.74) is 5.56. The molecule has 1 rings (SSSR count). The van der Waals surface area contributed by atoms with E-state index in [-0.39, 0.29) is 0 Å².